The molecule has 0 amide bonds. The van der Waals surface area contributed by atoms with Crippen molar-refractivity contribution >= 4 is 11.8 Å². The Kier molecular flexibility index (Phi) is 13.0. The van der Waals surface area contributed by atoms with Crippen LogP contribution in [0, 0.1) is 0 Å². The average molecular weight is 468 g/mol. The maximum Gasteiger partial charge on any atom is 0.306 e. The maximum atomic E-state index is 11.8. The standard InChI is InChI=1S/C29H41NO4/c1-4-5-6-7-8-9-10-13-25-15-20-28(30-21-25)26-16-18-27(19-17-26)33-22-24(3)34-29(32)14-11-12-23(2)31/h15-21,24H,4-14,22H2,1-3H3. The fourth-order valence-electron chi connectivity index (χ4n) is 3.76. The number of aryl methyl sites for hydroxylation is 1. The van der Waals surface area contributed by atoms with Crippen LogP contribution in [0.5, 0.6) is 5.75 Å². The van der Waals surface area contributed by atoms with Crippen molar-refractivity contribution in [2.24, 2.45) is 0 Å². The number of esters is 1. The van der Waals surface area contributed by atoms with E-state index in [1.807, 2.05) is 30.5 Å². The summed E-state index contributed by atoms with van der Waals surface area (Å²) in [4.78, 5) is 27.4. The van der Waals surface area contributed by atoms with Crippen LogP contribution in [-0.2, 0) is 20.7 Å². The van der Waals surface area contributed by atoms with Gasteiger partial charge in [-0.1, -0.05) is 51.5 Å². The Morgan fingerprint density at radius 2 is 1.59 bits per heavy atom. The van der Waals surface area contributed by atoms with Gasteiger partial charge in [0, 0.05) is 24.6 Å². The van der Waals surface area contributed by atoms with Gasteiger partial charge < -0.3 is 14.3 Å². The highest BCUT2D eigenvalue weighted by atomic mass is 16.6. The van der Waals surface area contributed by atoms with Gasteiger partial charge in [-0.05, 0) is 69.0 Å². The number of hydrogen-bond acceptors (Lipinski definition) is 5. The summed E-state index contributed by atoms with van der Waals surface area (Å²) in [6, 6.07) is 12.1. The van der Waals surface area contributed by atoms with Crippen molar-refractivity contribution in [2.45, 2.75) is 97.5 Å². The van der Waals surface area contributed by atoms with Gasteiger partial charge in [-0.2, -0.15) is 0 Å². The Morgan fingerprint density at radius 1 is 0.882 bits per heavy atom. The van der Waals surface area contributed by atoms with Gasteiger partial charge in [0.2, 0.25) is 0 Å². The summed E-state index contributed by atoms with van der Waals surface area (Å²) >= 11 is 0. The van der Waals surface area contributed by atoms with E-state index >= 15 is 0 Å². The molecule has 0 N–H and O–H groups in total. The largest absolute Gasteiger partial charge is 0.490 e. The number of hydrogen-bond donors (Lipinski definition) is 0. The van der Waals surface area contributed by atoms with Crippen molar-refractivity contribution in [3.05, 3.63) is 48.2 Å². The molecule has 0 saturated carbocycles. The van der Waals surface area contributed by atoms with Crippen molar-refractivity contribution in [3.63, 3.8) is 0 Å². The van der Waals surface area contributed by atoms with Gasteiger partial charge in [-0.25, -0.2) is 0 Å². The zero-order valence-electron chi connectivity index (χ0n) is 21.2. The minimum atomic E-state index is -0.352. The molecule has 1 aromatic heterocycles. The molecule has 0 bridgehead atoms. The lowest BCUT2D eigenvalue weighted by atomic mass is 10.0. The van der Waals surface area contributed by atoms with E-state index < -0.39 is 0 Å². The van der Waals surface area contributed by atoms with Gasteiger partial charge in [0.05, 0.1) is 5.69 Å². The molecule has 5 nitrogen and oxygen atoms in total. The van der Waals surface area contributed by atoms with E-state index in [2.05, 4.69) is 24.0 Å². The quantitative estimate of drug-likeness (QED) is 0.183. The number of nitrogens with zero attached hydrogens (tertiary/aromatic N) is 1. The zero-order valence-corrected chi connectivity index (χ0v) is 21.2. The summed E-state index contributed by atoms with van der Waals surface area (Å²) in [7, 11) is 0. The van der Waals surface area contributed by atoms with E-state index in [0.29, 0.717) is 12.8 Å². The summed E-state index contributed by atoms with van der Waals surface area (Å²) in [5.74, 6) is 0.509. The Balaban J connectivity index is 1.70. The first-order valence-corrected chi connectivity index (χ1v) is 12.8. The molecule has 34 heavy (non-hydrogen) atoms. The average Bonchev–Trinajstić information content (AvgIpc) is 2.83. The normalized spacial score (nSPS) is 11.7. The van der Waals surface area contributed by atoms with Gasteiger partial charge in [0.1, 0.15) is 24.2 Å². The number of pyridine rings is 1. The first-order chi connectivity index (χ1) is 16.5. The van der Waals surface area contributed by atoms with Crippen molar-refractivity contribution in [2.75, 3.05) is 6.61 Å². The molecule has 1 aromatic carbocycles. The molecule has 0 aliphatic carbocycles. The summed E-state index contributed by atoms with van der Waals surface area (Å²) in [5, 5.41) is 0. The molecule has 1 atom stereocenters. The second-order valence-corrected chi connectivity index (χ2v) is 9.11. The molecule has 0 spiro atoms. The number of Topliss-reactive ketones (excluding diaryl/α,β-unsaturated/α-hetero) is 1. The lowest BCUT2D eigenvalue weighted by Gasteiger charge is -2.14. The highest BCUT2D eigenvalue weighted by Crippen LogP contribution is 2.22. The van der Waals surface area contributed by atoms with Crippen LogP contribution >= 0.6 is 0 Å². The third-order valence-electron chi connectivity index (χ3n) is 5.77. The van der Waals surface area contributed by atoms with E-state index in [9.17, 15) is 9.59 Å². The molecular formula is C29H41NO4. The van der Waals surface area contributed by atoms with Gasteiger partial charge in [-0.15, -0.1) is 0 Å². The Bertz CT molecular complexity index is 845. The van der Waals surface area contributed by atoms with Crippen molar-refractivity contribution in [1.82, 2.24) is 4.98 Å². The lowest BCUT2D eigenvalue weighted by molar-refractivity contribution is -0.149. The predicted molar refractivity (Wildman–Crippen MR) is 137 cm³/mol. The number of ether oxygens (including phenoxy) is 2. The first-order valence-electron chi connectivity index (χ1n) is 12.8. The molecule has 186 valence electrons. The number of benzene rings is 1. The predicted octanol–water partition coefficient (Wildman–Crippen LogP) is 7.11. The molecule has 5 heteroatoms. The minimum Gasteiger partial charge on any atom is -0.490 e. The zero-order chi connectivity index (χ0) is 24.6. The van der Waals surface area contributed by atoms with Crippen LogP contribution < -0.4 is 4.74 Å². The number of unbranched alkanes of at least 4 members (excludes halogenated alkanes) is 6. The smallest absolute Gasteiger partial charge is 0.306 e. The third kappa shape index (κ3) is 11.4. The highest BCUT2D eigenvalue weighted by molar-refractivity contribution is 5.76. The van der Waals surface area contributed by atoms with Crippen molar-refractivity contribution in [3.8, 4) is 17.0 Å². The van der Waals surface area contributed by atoms with Crippen LogP contribution in [0.1, 0.15) is 90.5 Å². The molecule has 0 fully saturated rings. The fraction of sp³-hybridized carbons (Fsp3) is 0.552. The molecule has 0 saturated heterocycles. The summed E-state index contributed by atoms with van der Waals surface area (Å²) in [6.07, 6.45) is 13.2. The van der Waals surface area contributed by atoms with E-state index in [-0.39, 0.29) is 30.9 Å². The first kappa shape index (κ1) is 27.6. The molecule has 1 heterocycles. The summed E-state index contributed by atoms with van der Waals surface area (Å²) in [5.41, 5.74) is 3.28. The second kappa shape index (κ2) is 16.0. The van der Waals surface area contributed by atoms with Crippen LogP contribution in [-0.4, -0.2) is 29.4 Å². The number of rotatable bonds is 17. The SMILES string of the molecule is CCCCCCCCCc1ccc(-c2ccc(OCC(C)OC(=O)CCCC(C)=O)cc2)nc1. The molecule has 0 aliphatic heterocycles. The molecule has 0 radical (unpaired) electrons. The topological polar surface area (TPSA) is 65.5 Å². The number of aromatic nitrogens is 1. The fourth-order valence-corrected chi connectivity index (χ4v) is 3.76. The van der Waals surface area contributed by atoms with Gasteiger partial charge in [0.25, 0.3) is 0 Å². The monoisotopic (exact) mass is 467 g/mol. The molecule has 0 aliphatic rings. The Morgan fingerprint density at radius 3 is 2.24 bits per heavy atom. The lowest BCUT2D eigenvalue weighted by Crippen LogP contribution is -2.22. The molecule has 2 aromatic rings. The van der Waals surface area contributed by atoms with Crippen LogP contribution in [0.25, 0.3) is 11.3 Å². The van der Waals surface area contributed by atoms with Gasteiger partial charge in [0.15, 0.2) is 0 Å². The highest BCUT2D eigenvalue weighted by Gasteiger charge is 2.11. The Hall–Kier alpha value is -2.69. The van der Waals surface area contributed by atoms with E-state index in [0.717, 1.165) is 23.4 Å². The minimum absolute atomic E-state index is 0.0854. The van der Waals surface area contributed by atoms with Crippen LogP contribution in [0.2, 0.25) is 0 Å². The number of carbonyl (C=O) groups is 2. The Labute approximate surface area is 205 Å². The summed E-state index contributed by atoms with van der Waals surface area (Å²) < 4.78 is 11.1. The van der Waals surface area contributed by atoms with E-state index in [1.54, 1.807) is 6.92 Å². The van der Waals surface area contributed by atoms with Crippen LogP contribution in [0.4, 0.5) is 0 Å². The van der Waals surface area contributed by atoms with Crippen molar-refractivity contribution in [1.29, 1.82) is 0 Å². The van der Waals surface area contributed by atoms with Crippen LogP contribution in [0.15, 0.2) is 42.6 Å². The molecule has 2 rings (SSSR count). The van der Waals surface area contributed by atoms with E-state index in [4.69, 9.17) is 9.47 Å². The summed E-state index contributed by atoms with van der Waals surface area (Å²) in [6.45, 7) is 5.86. The third-order valence-corrected chi connectivity index (χ3v) is 5.77. The van der Waals surface area contributed by atoms with E-state index in [1.165, 1.54) is 57.4 Å². The van der Waals surface area contributed by atoms with Gasteiger partial charge >= 0.3 is 5.97 Å². The van der Waals surface area contributed by atoms with Crippen molar-refractivity contribution < 1.29 is 19.1 Å². The second-order valence-electron chi connectivity index (χ2n) is 9.11. The van der Waals surface area contributed by atoms with Gasteiger partial charge in [-0.3, -0.25) is 9.78 Å². The number of carbonyl (C=O) groups excluding carboxylic acids is 2. The number of ketones is 1. The molecular weight excluding hydrogens is 426 g/mol. The van der Waals surface area contributed by atoms with Crippen LogP contribution in [0.3, 0.4) is 0 Å². The molecule has 1 unspecified atom stereocenters. The maximum absolute atomic E-state index is 11.8.